The molecule has 1 saturated heterocycles. The number of nitrogens with zero attached hydrogens (tertiary/aromatic N) is 1. The Balaban J connectivity index is 1.44. The van der Waals surface area contributed by atoms with E-state index in [1.54, 1.807) is 5.57 Å². The predicted octanol–water partition coefficient (Wildman–Crippen LogP) is 5.67. The number of aliphatic hydroxyl groups is 1. The van der Waals surface area contributed by atoms with E-state index in [4.69, 9.17) is 0 Å². The number of fused-ring (bicyclic) bond motifs is 1. The number of hydrogen-bond acceptors (Lipinski definition) is 2. The van der Waals surface area contributed by atoms with Gasteiger partial charge in [-0.15, -0.1) is 0 Å². The van der Waals surface area contributed by atoms with Crippen molar-refractivity contribution in [3.8, 4) is 0 Å². The average Bonchev–Trinajstić information content (AvgIpc) is 3.22. The highest BCUT2D eigenvalue weighted by atomic mass is 19.1. The SMILES string of the molecule is C[C@@H](CN1CCC(F)C1)C1CCC2/C(=C/C=C3/CCCC(O)C3)CCCC21C. The molecule has 0 aromatic rings. The van der Waals surface area contributed by atoms with Crippen molar-refractivity contribution in [1.82, 2.24) is 4.90 Å². The van der Waals surface area contributed by atoms with E-state index in [2.05, 4.69) is 30.9 Å². The summed E-state index contributed by atoms with van der Waals surface area (Å²) in [7, 11) is 0. The van der Waals surface area contributed by atoms with Crippen molar-refractivity contribution in [2.24, 2.45) is 23.2 Å². The Labute approximate surface area is 171 Å². The van der Waals surface area contributed by atoms with Gasteiger partial charge in [0.15, 0.2) is 0 Å². The van der Waals surface area contributed by atoms with Crippen LogP contribution < -0.4 is 0 Å². The molecule has 0 radical (unpaired) electrons. The van der Waals surface area contributed by atoms with E-state index in [1.807, 2.05) is 0 Å². The van der Waals surface area contributed by atoms with Crippen molar-refractivity contribution in [3.63, 3.8) is 0 Å². The van der Waals surface area contributed by atoms with Crippen LogP contribution in [-0.2, 0) is 0 Å². The van der Waals surface area contributed by atoms with Crippen LogP contribution in [0.4, 0.5) is 4.39 Å². The summed E-state index contributed by atoms with van der Waals surface area (Å²) in [5.74, 6) is 2.15. The van der Waals surface area contributed by atoms with Gasteiger partial charge < -0.3 is 10.0 Å². The third kappa shape index (κ3) is 4.26. The minimum atomic E-state index is -0.602. The molecule has 0 bridgehead atoms. The van der Waals surface area contributed by atoms with Gasteiger partial charge in [-0.25, -0.2) is 4.39 Å². The molecule has 0 spiro atoms. The van der Waals surface area contributed by atoms with Crippen LogP contribution in [0, 0.1) is 23.2 Å². The molecule has 1 heterocycles. The minimum absolute atomic E-state index is 0.124. The monoisotopic (exact) mass is 389 g/mol. The molecular formula is C25H40FNO. The summed E-state index contributed by atoms with van der Waals surface area (Å²) >= 11 is 0. The van der Waals surface area contributed by atoms with Gasteiger partial charge in [0, 0.05) is 19.6 Å². The van der Waals surface area contributed by atoms with Crippen molar-refractivity contribution >= 4 is 0 Å². The Bertz CT molecular complexity index is 614. The van der Waals surface area contributed by atoms with Crippen LogP contribution in [0.5, 0.6) is 0 Å². The van der Waals surface area contributed by atoms with E-state index < -0.39 is 6.17 Å². The molecule has 4 aliphatic rings. The minimum Gasteiger partial charge on any atom is -0.393 e. The van der Waals surface area contributed by atoms with Crippen molar-refractivity contribution in [1.29, 1.82) is 0 Å². The Morgan fingerprint density at radius 1 is 1.18 bits per heavy atom. The summed E-state index contributed by atoms with van der Waals surface area (Å²) in [5.41, 5.74) is 3.53. The maximum absolute atomic E-state index is 13.6. The van der Waals surface area contributed by atoms with Crippen LogP contribution in [0.2, 0.25) is 0 Å². The summed E-state index contributed by atoms with van der Waals surface area (Å²) in [4.78, 5) is 2.37. The summed E-state index contributed by atoms with van der Waals surface area (Å²) in [6.45, 7) is 7.66. The number of alkyl halides is 1. The van der Waals surface area contributed by atoms with Gasteiger partial charge in [0.25, 0.3) is 0 Å². The molecule has 0 amide bonds. The zero-order valence-electron chi connectivity index (χ0n) is 18.0. The lowest BCUT2D eigenvalue weighted by Gasteiger charge is -2.45. The molecule has 0 aromatic carbocycles. The number of likely N-dealkylation sites (tertiary alicyclic amines) is 1. The van der Waals surface area contributed by atoms with Crippen LogP contribution in [0.15, 0.2) is 23.3 Å². The standard InChI is InChI=1S/C25H40FNO/c1-18(16-27-14-12-21(26)17-27)23-10-11-24-20(6-4-13-25(23,24)2)9-8-19-5-3-7-22(28)15-19/h8-9,18,21-24,28H,3-7,10-17H2,1-2H3/b19-8-,20-9+/t18-,21?,22?,23?,24?,25?/m0/s1. The fraction of sp³-hybridized carbons (Fsp3) is 0.840. The highest BCUT2D eigenvalue weighted by Crippen LogP contribution is 2.59. The van der Waals surface area contributed by atoms with Crippen molar-refractivity contribution in [2.45, 2.75) is 90.3 Å². The first-order valence-electron chi connectivity index (χ1n) is 11.9. The second kappa shape index (κ2) is 8.60. The molecule has 2 nitrogen and oxygen atoms in total. The summed E-state index contributed by atoms with van der Waals surface area (Å²) in [6.07, 6.45) is 15.5. The van der Waals surface area contributed by atoms with E-state index in [1.165, 1.54) is 37.7 Å². The topological polar surface area (TPSA) is 23.5 Å². The summed E-state index contributed by atoms with van der Waals surface area (Å²) in [6, 6.07) is 0. The van der Waals surface area contributed by atoms with Gasteiger partial charge in [0.2, 0.25) is 0 Å². The molecule has 0 aromatic heterocycles. The number of allylic oxidation sites excluding steroid dienone is 3. The van der Waals surface area contributed by atoms with Crippen molar-refractivity contribution < 1.29 is 9.50 Å². The van der Waals surface area contributed by atoms with Crippen LogP contribution in [0.3, 0.4) is 0 Å². The molecule has 3 saturated carbocycles. The average molecular weight is 390 g/mol. The summed E-state index contributed by atoms with van der Waals surface area (Å²) < 4.78 is 13.6. The molecular weight excluding hydrogens is 349 g/mol. The largest absolute Gasteiger partial charge is 0.393 e. The molecule has 5 unspecified atom stereocenters. The van der Waals surface area contributed by atoms with Crippen LogP contribution in [0.1, 0.15) is 78.1 Å². The molecule has 1 aliphatic heterocycles. The van der Waals surface area contributed by atoms with Gasteiger partial charge in [0.05, 0.1) is 6.10 Å². The number of aliphatic hydroxyl groups excluding tert-OH is 1. The maximum Gasteiger partial charge on any atom is 0.114 e. The smallest absolute Gasteiger partial charge is 0.114 e. The lowest BCUT2D eigenvalue weighted by atomic mass is 9.61. The second-order valence-corrected chi connectivity index (χ2v) is 10.5. The molecule has 3 heteroatoms. The van der Waals surface area contributed by atoms with Gasteiger partial charge >= 0.3 is 0 Å². The van der Waals surface area contributed by atoms with E-state index >= 15 is 0 Å². The normalized spacial score (nSPS) is 43.6. The van der Waals surface area contributed by atoms with E-state index in [0.717, 1.165) is 57.0 Å². The number of rotatable bonds is 4. The number of hydrogen-bond donors (Lipinski definition) is 1. The van der Waals surface area contributed by atoms with Crippen LogP contribution in [0.25, 0.3) is 0 Å². The third-order valence-electron chi connectivity index (χ3n) is 8.55. The van der Waals surface area contributed by atoms with Crippen LogP contribution >= 0.6 is 0 Å². The van der Waals surface area contributed by atoms with Gasteiger partial charge in [-0.05, 0) is 87.4 Å². The Morgan fingerprint density at radius 2 is 2.04 bits per heavy atom. The third-order valence-corrected chi connectivity index (χ3v) is 8.55. The molecule has 1 N–H and O–H groups in total. The van der Waals surface area contributed by atoms with Crippen molar-refractivity contribution in [2.75, 3.05) is 19.6 Å². The zero-order valence-corrected chi connectivity index (χ0v) is 18.0. The predicted molar refractivity (Wildman–Crippen MR) is 114 cm³/mol. The zero-order chi connectivity index (χ0) is 19.7. The lowest BCUT2D eigenvalue weighted by molar-refractivity contribution is 0.0812. The van der Waals surface area contributed by atoms with Crippen LogP contribution in [-0.4, -0.2) is 41.9 Å². The fourth-order valence-corrected chi connectivity index (χ4v) is 7.15. The fourth-order valence-electron chi connectivity index (χ4n) is 7.15. The lowest BCUT2D eigenvalue weighted by Crippen LogP contribution is -2.39. The van der Waals surface area contributed by atoms with E-state index in [9.17, 15) is 9.50 Å². The second-order valence-electron chi connectivity index (χ2n) is 10.5. The highest BCUT2D eigenvalue weighted by Gasteiger charge is 2.50. The molecule has 28 heavy (non-hydrogen) atoms. The molecule has 6 atom stereocenters. The first-order valence-corrected chi connectivity index (χ1v) is 11.9. The Hall–Kier alpha value is -0.670. The molecule has 4 fully saturated rings. The van der Waals surface area contributed by atoms with Crippen molar-refractivity contribution in [3.05, 3.63) is 23.3 Å². The van der Waals surface area contributed by atoms with Gasteiger partial charge in [0.1, 0.15) is 6.17 Å². The molecule has 3 aliphatic carbocycles. The van der Waals surface area contributed by atoms with Gasteiger partial charge in [-0.3, -0.25) is 0 Å². The number of halogens is 1. The Kier molecular flexibility index (Phi) is 6.32. The molecule has 4 rings (SSSR count). The van der Waals surface area contributed by atoms with Gasteiger partial charge in [-0.1, -0.05) is 37.1 Å². The maximum atomic E-state index is 13.6. The quantitative estimate of drug-likeness (QED) is 0.669. The highest BCUT2D eigenvalue weighted by molar-refractivity contribution is 5.25. The first-order chi connectivity index (χ1) is 13.5. The first kappa shape index (κ1) is 20.6. The van der Waals surface area contributed by atoms with Gasteiger partial charge in [-0.2, -0.15) is 0 Å². The molecule has 158 valence electrons. The Morgan fingerprint density at radius 3 is 2.79 bits per heavy atom. The summed E-state index contributed by atoms with van der Waals surface area (Å²) in [5, 5.41) is 9.95. The van der Waals surface area contributed by atoms with E-state index in [-0.39, 0.29) is 6.10 Å². The van der Waals surface area contributed by atoms with E-state index in [0.29, 0.717) is 17.9 Å².